The molecular formula is C48H80N2O7. The summed E-state index contributed by atoms with van der Waals surface area (Å²) < 4.78 is 5.90. The molecule has 0 aliphatic rings. The van der Waals surface area contributed by atoms with Crippen molar-refractivity contribution in [1.82, 2.24) is 10.6 Å². The van der Waals surface area contributed by atoms with Gasteiger partial charge in [-0.3, -0.25) is 14.4 Å². The van der Waals surface area contributed by atoms with Gasteiger partial charge in [-0.15, -0.1) is 0 Å². The molecule has 4 N–H and O–H groups in total. The number of rotatable bonds is 39. The number of aliphatic hydroxyl groups excluding tert-OH is 1. The number of amides is 2. The zero-order valence-electron chi connectivity index (χ0n) is 35.8. The molecular weight excluding hydrogens is 717 g/mol. The van der Waals surface area contributed by atoms with Crippen molar-refractivity contribution in [2.45, 2.75) is 193 Å². The third-order valence-electron chi connectivity index (χ3n) is 9.42. The standard InChI is InChI=1S/C48H80N2O7/c1-3-5-7-9-11-13-14-15-16-17-18-19-20-21-22-23-24-26-28-30-36-40-47(54)57-43(37-33-29-27-25-12-10-8-6-4-2)38-34-31-32-35-39-45(52)49-41-46(53)50-44(42-51)48(55)56/h5,7,11,13,15-16,18-19,25,27,33,37,43-44,51H,3-4,6,8-10,12,14,17,20-24,26,28-32,34-36,38-42H2,1-2H3,(H,49,52)(H,50,53)(H,55,56)/b7-5-,13-11-,16-15-,19-18-,27-25-,37-33-. The van der Waals surface area contributed by atoms with E-state index in [1.54, 1.807) is 0 Å². The Morgan fingerprint density at radius 3 is 1.61 bits per heavy atom. The van der Waals surface area contributed by atoms with Gasteiger partial charge < -0.3 is 25.6 Å². The Labute approximate surface area is 346 Å². The number of carbonyl (C=O) groups is 4. The molecule has 0 radical (unpaired) electrons. The summed E-state index contributed by atoms with van der Waals surface area (Å²) in [5.41, 5.74) is 0. The molecule has 0 saturated heterocycles. The van der Waals surface area contributed by atoms with Gasteiger partial charge in [-0.05, 0) is 89.5 Å². The number of carbonyl (C=O) groups excluding carboxylic acids is 3. The molecule has 0 aromatic carbocycles. The van der Waals surface area contributed by atoms with Crippen molar-refractivity contribution < 1.29 is 34.1 Å². The second-order valence-electron chi connectivity index (χ2n) is 14.8. The smallest absolute Gasteiger partial charge is 0.328 e. The first kappa shape index (κ1) is 53.3. The minimum atomic E-state index is -1.40. The Hall–Kier alpha value is -3.72. The molecule has 0 rings (SSSR count). The van der Waals surface area contributed by atoms with E-state index in [0.29, 0.717) is 12.8 Å². The van der Waals surface area contributed by atoms with Crippen LogP contribution in [0.2, 0.25) is 0 Å². The Balaban J connectivity index is 4.28. The highest BCUT2D eigenvalue weighted by molar-refractivity contribution is 5.87. The number of aliphatic carboxylic acids is 1. The van der Waals surface area contributed by atoms with E-state index in [1.165, 1.54) is 57.8 Å². The normalized spacial score (nSPS) is 13.2. The largest absolute Gasteiger partial charge is 0.480 e. The lowest BCUT2D eigenvalue weighted by molar-refractivity contribution is -0.147. The van der Waals surface area contributed by atoms with Crippen molar-refractivity contribution in [3.8, 4) is 0 Å². The number of hydrogen-bond acceptors (Lipinski definition) is 6. The summed E-state index contributed by atoms with van der Waals surface area (Å²) in [6.45, 7) is 3.30. The summed E-state index contributed by atoms with van der Waals surface area (Å²) in [5, 5.41) is 22.5. The molecule has 2 amide bonds. The molecule has 2 atom stereocenters. The van der Waals surface area contributed by atoms with Crippen LogP contribution >= 0.6 is 0 Å². The summed E-state index contributed by atoms with van der Waals surface area (Å²) in [6.07, 6.45) is 52.3. The van der Waals surface area contributed by atoms with Gasteiger partial charge in [0.15, 0.2) is 0 Å². The van der Waals surface area contributed by atoms with Crippen LogP contribution in [0, 0.1) is 0 Å². The predicted molar refractivity (Wildman–Crippen MR) is 236 cm³/mol. The van der Waals surface area contributed by atoms with E-state index in [9.17, 15) is 19.2 Å². The van der Waals surface area contributed by atoms with Crippen molar-refractivity contribution in [1.29, 1.82) is 0 Å². The molecule has 0 aliphatic heterocycles. The van der Waals surface area contributed by atoms with Gasteiger partial charge in [-0.1, -0.05) is 151 Å². The van der Waals surface area contributed by atoms with E-state index in [0.717, 1.165) is 89.9 Å². The Morgan fingerprint density at radius 2 is 1.05 bits per heavy atom. The minimum absolute atomic E-state index is 0.138. The first-order chi connectivity index (χ1) is 27.8. The second kappa shape index (κ2) is 41.9. The zero-order chi connectivity index (χ0) is 41.9. The van der Waals surface area contributed by atoms with Crippen molar-refractivity contribution in [2.24, 2.45) is 0 Å². The first-order valence-corrected chi connectivity index (χ1v) is 22.3. The maximum Gasteiger partial charge on any atom is 0.328 e. The van der Waals surface area contributed by atoms with Gasteiger partial charge >= 0.3 is 11.9 Å². The Bertz CT molecular complexity index is 1190. The topological polar surface area (TPSA) is 142 Å². The lowest BCUT2D eigenvalue weighted by Crippen LogP contribution is -2.47. The van der Waals surface area contributed by atoms with Crippen LogP contribution in [0.3, 0.4) is 0 Å². The van der Waals surface area contributed by atoms with Gasteiger partial charge in [0.1, 0.15) is 12.1 Å². The molecule has 0 heterocycles. The Kier molecular flexibility index (Phi) is 39.2. The van der Waals surface area contributed by atoms with Crippen molar-refractivity contribution in [3.63, 3.8) is 0 Å². The highest BCUT2D eigenvalue weighted by Crippen LogP contribution is 2.15. The number of aliphatic hydroxyl groups is 1. The van der Waals surface area contributed by atoms with Gasteiger partial charge in [-0.25, -0.2) is 4.79 Å². The molecule has 0 aromatic rings. The molecule has 57 heavy (non-hydrogen) atoms. The fraction of sp³-hybridized carbons (Fsp3) is 0.667. The molecule has 0 bridgehead atoms. The van der Waals surface area contributed by atoms with Crippen LogP contribution in [-0.2, 0) is 23.9 Å². The zero-order valence-corrected chi connectivity index (χ0v) is 35.8. The highest BCUT2D eigenvalue weighted by Gasteiger charge is 2.18. The summed E-state index contributed by atoms with van der Waals surface area (Å²) >= 11 is 0. The van der Waals surface area contributed by atoms with E-state index in [-0.39, 0.29) is 30.9 Å². The minimum Gasteiger partial charge on any atom is -0.480 e. The third kappa shape index (κ3) is 38.9. The van der Waals surface area contributed by atoms with E-state index < -0.39 is 24.5 Å². The lowest BCUT2D eigenvalue weighted by Gasteiger charge is -2.15. The van der Waals surface area contributed by atoms with Crippen molar-refractivity contribution >= 4 is 23.8 Å². The van der Waals surface area contributed by atoms with Crippen molar-refractivity contribution in [3.05, 3.63) is 72.9 Å². The molecule has 0 aliphatic carbocycles. The van der Waals surface area contributed by atoms with E-state index in [4.69, 9.17) is 14.9 Å². The molecule has 324 valence electrons. The van der Waals surface area contributed by atoms with Crippen LogP contribution in [0.15, 0.2) is 72.9 Å². The monoisotopic (exact) mass is 797 g/mol. The number of nitrogens with one attached hydrogen (secondary N) is 2. The fourth-order valence-electron chi connectivity index (χ4n) is 6.01. The van der Waals surface area contributed by atoms with Crippen LogP contribution in [0.5, 0.6) is 0 Å². The number of hydrogen-bond donors (Lipinski definition) is 4. The van der Waals surface area contributed by atoms with Crippen molar-refractivity contribution in [2.75, 3.05) is 13.2 Å². The molecule has 2 unspecified atom stereocenters. The maximum atomic E-state index is 12.7. The summed E-state index contributed by atoms with van der Waals surface area (Å²) in [6, 6.07) is -1.40. The molecule has 0 aromatic heterocycles. The summed E-state index contributed by atoms with van der Waals surface area (Å²) in [7, 11) is 0. The number of carboxylic acids is 1. The van der Waals surface area contributed by atoms with E-state index >= 15 is 0 Å². The van der Waals surface area contributed by atoms with Gasteiger partial charge in [0.2, 0.25) is 11.8 Å². The van der Waals surface area contributed by atoms with Gasteiger partial charge in [0.25, 0.3) is 0 Å². The molecule has 9 nitrogen and oxygen atoms in total. The van der Waals surface area contributed by atoms with Gasteiger partial charge in [0.05, 0.1) is 13.2 Å². The third-order valence-corrected chi connectivity index (χ3v) is 9.42. The second-order valence-corrected chi connectivity index (χ2v) is 14.8. The van der Waals surface area contributed by atoms with Crippen LogP contribution in [0.25, 0.3) is 0 Å². The quantitative estimate of drug-likeness (QED) is 0.0276. The molecule has 0 saturated carbocycles. The SMILES string of the molecule is CC/C=C\C/C=C\C/C=C\C/C=C\CCCCCCCCCCC(=O)OC(/C=C\C/C=C\CCCCCC)CCCCCCC(=O)NCC(=O)NC(CO)C(=O)O. The number of ether oxygens (including phenoxy) is 1. The number of unbranched alkanes of at least 4 members (excludes halogenated alkanes) is 15. The maximum absolute atomic E-state index is 12.7. The summed E-state index contributed by atoms with van der Waals surface area (Å²) in [4.78, 5) is 47.6. The molecule has 0 spiro atoms. The average molecular weight is 797 g/mol. The number of esters is 1. The predicted octanol–water partition coefficient (Wildman–Crippen LogP) is 11.1. The Morgan fingerprint density at radius 1 is 0.561 bits per heavy atom. The number of carboxylic acid groups (broad SMARTS) is 1. The van der Waals surface area contributed by atoms with Crippen LogP contribution in [0.1, 0.15) is 181 Å². The fourth-order valence-corrected chi connectivity index (χ4v) is 6.01. The van der Waals surface area contributed by atoms with Crippen LogP contribution in [-0.4, -0.2) is 59.3 Å². The average Bonchev–Trinajstić information content (AvgIpc) is 3.20. The summed E-state index contributed by atoms with van der Waals surface area (Å²) in [5.74, 6) is -2.44. The first-order valence-electron chi connectivity index (χ1n) is 22.3. The van der Waals surface area contributed by atoms with E-state index in [2.05, 4.69) is 91.3 Å². The van der Waals surface area contributed by atoms with Gasteiger partial charge in [0, 0.05) is 12.8 Å². The van der Waals surface area contributed by atoms with Gasteiger partial charge in [-0.2, -0.15) is 0 Å². The number of allylic oxidation sites excluding steroid dienone is 11. The lowest BCUT2D eigenvalue weighted by atomic mass is 10.1. The van der Waals surface area contributed by atoms with Crippen LogP contribution < -0.4 is 10.6 Å². The van der Waals surface area contributed by atoms with E-state index in [1.807, 2.05) is 6.08 Å². The van der Waals surface area contributed by atoms with Crippen LogP contribution in [0.4, 0.5) is 0 Å². The highest BCUT2D eigenvalue weighted by atomic mass is 16.5. The molecule has 0 fully saturated rings. The molecule has 9 heteroatoms.